The molecule has 1 heterocycles. The molecular weight excluding hydrogens is 140 g/mol. The monoisotopic (exact) mass is 144 g/mol. The summed E-state index contributed by atoms with van der Waals surface area (Å²) < 4.78 is 0. The maximum Gasteiger partial charge on any atom is 0.0703 e. The number of hydrogen-bond donors (Lipinski definition) is 0. The van der Waals surface area contributed by atoms with Gasteiger partial charge in [0.05, 0.1) is 4.90 Å². The van der Waals surface area contributed by atoms with Crippen LogP contribution in [0.1, 0.15) is 5.56 Å². The molecule has 0 aromatic heterocycles. The van der Waals surface area contributed by atoms with Crippen LogP contribution in [-0.4, -0.2) is 0 Å². The third-order valence-corrected chi connectivity index (χ3v) is 2.11. The molecular formula is C9H4S. The summed E-state index contributed by atoms with van der Waals surface area (Å²) in [5.41, 5.74) is 4.21. The van der Waals surface area contributed by atoms with Gasteiger partial charge in [-0.05, 0) is 18.2 Å². The van der Waals surface area contributed by atoms with Crippen LogP contribution >= 0.6 is 11.8 Å². The first-order valence-corrected chi connectivity index (χ1v) is 3.85. The fourth-order valence-electron chi connectivity index (χ4n) is 0.814. The van der Waals surface area contributed by atoms with E-state index in [4.69, 9.17) is 0 Å². The molecule has 0 radical (unpaired) electrons. The molecule has 46 valence electrons. The van der Waals surface area contributed by atoms with Crippen LogP contribution in [0.15, 0.2) is 28.2 Å². The highest BCUT2D eigenvalue weighted by atomic mass is 32.2. The van der Waals surface area contributed by atoms with Gasteiger partial charge in [-0.25, -0.2) is 0 Å². The van der Waals surface area contributed by atoms with Crippen LogP contribution in [0, 0.1) is 12.1 Å². The molecule has 0 amide bonds. The Balaban J connectivity index is 2.63. The van der Waals surface area contributed by atoms with Crippen LogP contribution in [0.4, 0.5) is 0 Å². The van der Waals surface area contributed by atoms with Crippen molar-refractivity contribution in [2.24, 2.45) is 0 Å². The predicted molar refractivity (Wildman–Crippen MR) is 42.5 cm³/mol. The van der Waals surface area contributed by atoms with Gasteiger partial charge in [0.1, 0.15) is 0 Å². The van der Waals surface area contributed by atoms with Crippen molar-refractivity contribution in [2.45, 2.75) is 4.90 Å². The second-order valence-electron chi connectivity index (χ2n) is 1.93. The van der Waals surface area contributed by atoms with Gasteiger partial charge in [-0.3, -0.25) is 0 Å². The number of hydrogen-bond acceptors (Lipinski definition) is 1. The molecule has 1 heteroatoms. The van der Waals surface area contributed by atoms with E-state index in [1.807, 2.05) is 23.6 Å². The first kappa shape index (κ1) is 5.68. The van der Waals surface area contributed by atoms with E-state index in [1.165, 1.54) is 5.56 Å². The van der Waals surface area contributed by atoms with E-state index in [9.17, 15) is 0 Å². The van der Waals surface area contributed by atoms with Crippen LogP contribution in [0.5, 0.6) is 0 Å². The highest BCUT2D eigenvalue weighted by molar-refractivity contribution is 8.02. The van der Waals surface area contributed by atoms with Gasteiger partial charge in [0.15, 0.2) is 0 Å². The molecule has 0 aliphatic carbocycles. The van der Waals surface area contributed by atoms with E-state index >= 15 is 0 Å². The Hall–Kier alpha value is -1.09. The Morgan fingerprint density at radius 3 is 3.30 bits per heavy atom. The Morgan fingerprint density at radius 1 is 1.40 bits per heavy atom. The van der Waals surface area contributed by atoms with Gasteiger partial charge in [-0.1, -0.05) is 23.9 Å². The van der Waals surface area contributed by atoms with E-state index in [2.05, 4.69) is 17.9 Å². The summed E-state index contributed by atoms with van der Waals surface area (Å²) in [6.07, 6.45) is 1.95. The van der Waals surface area contributed by atoms with Crippen molar-refractivity contribution in [1.29, 1.82) is 0 Å². The molecule has 0 spiro atoms. The third-order valence-electron chi connectivity index (χ3n) is 1.28. The molecule has 1 aromatic rings. The first-order valence-electron chi connectivity index (χ1n) is 2.97. The summed E-state index contributed by atoms with van der Waals surface area (Å²) in [6, 6.07) is 9.81. The minimum Gasteiger partial charge on any atom is -0.113 e. The van der Waals surface area contributed by atoms with Gasteiger partial charge in [0.2, 0.25) is 0 Å². The van der Waals surface area contributed by atoms with Gasteiger partial charge in [0, 0.05) is 11.0 Å². The molecule has 0 saturated carbocycles. The zero-order valence-corrected chi connectivity index (χ0v) is 6.03. The van der Waals surface area contributed by atoms with E-state index in [-0.39, 0.29) is 0 Å². The van der Waals surface area contributed by atoms with Crippen LogP contribution in [0.2, 0.25) is 0 Å². The van der Waals surface area contributed by atoms with E-state index in [0.717, 1.165) is 4.90 Å². The molecule has 0 saturated heterocycles. The second kappa shape index (κ2) is 2.27. The summed E-state index contributed by atoms with van der Waals surface area (Å²) in [5.74, 6) is 0. The normalized spacial score (nSPS) is 12.4. The van der Waals surface area contributed by atoms with E-state index < -0.39 is 0 Å². The van der Waals surface area contributed by atoms with Crippen molar-refractivity contribution in [2.75, 3.05) is 0 Å². The third kappa shape index (κ3) is 0.844. The lowest BCUT2D eigenvalue weighted by Crippen LogP contribution is -1.75. The summed E-state index contributed by atoms with van der Waals surface area (Å²) in [4.78, 5) is 1.14. The zero-order chi connectivity index (χ0) is 6.81. The van der Waals surface area contributed by atoms with Gasteiger partial charge >= 0.3 is 0 Å². The van der Waals surface area contributed by atoms with Gasteiger partial charge in [-0.2, -0.15) is 0 Å². The van der Waals surface area contributed by atoms with Crippen LogP contribution in [0.25, 0.3) is 6.08 Å². The summed E-state index contributed by atoms with van der Waals surface area (Å²) in [5, 5.41) is 1.92. The van der Waals surface area contributed by atoms with Gasteiger partial charge in [0.25, 0.3) is 0 Å². The summed E-state index contributed by atoms with van der Waals surface area (Å²) in [6.45, 7) is 0. The molecule has 0 unspecified atom stereocenters. The van der Waals surface area contributed by atoms with Crippen LogP contribution in [0.3, 0.4) is 0 Å². The van der Waals surface area contributed by atoms with Crippen molar-refractivity contribution >= 4 is 17.8 Å². The Morgan fingerprint density at radius 2 is 2.40 bits per heavy atom. The van der Waals surface area contributed by atoms with Crippen molar-refractivity contribution in [1.82, 2.24) is 0 Å². The highest BCUT2D eigenvalue weighted by Crippen LogP contribution is 2.24. The SMILES string of the molecule is C1=CSc2c#cccc2C=1. The Labute approximate surface area is 64.3 Å². The van der Waals surface area contributed by atoms with Gasteiger partial charge < -0.3 is 0 Å². The van der Waals surface area contributed by atoms with E-state index in [1.54, 1.807) is 11.8 Å². The highest BCUT2D eigenvalue weighted by Gasteiger charge is 1.97. The van der Waals surface area contributed by atoms with Crippen molar-refractivity contribution in [3.8, 4) is 0 Å². The molecule has 1 aromatic carbocycles. The lowest BCUT2D eigenvalue weighted by Gasteiger charge is -1.98. The molecule has 0 N–H and O–H groups in total. The minimum absolute atomic E-state index is 1.14. The number of fused-ring (bicyclic) bond motifs is 1. The average molecular weight is 144 g/mol. The summed E-state index contributed by atoms with van der Waals surface area (Å²) in [7, 11) is 0. The molecule has 0 atom stereocenters. The van der Waals surface area contributed by atoms with Crippen LogP contribution in [-0.2, 0) is 0 Å². The minimum atomic E-state index is 1.14. The fraction of sp³-hybridized carbons (Fsp3) is 0. The first-order chi connectivity index (χ1) is 4.97. The molecule has 10 heavy (non-hydrogen) atoms. The van der Waals surface area contributed by atoms with Crippen molar-refractivity contribution in [3.05, 3.63) is 41.0 Å². The lowest BCUT2D eigenvalue weighted by atomic mass is 10.2. The van der Waals surface area contributed by atoms with E-state index in [0.29, 0.717) is 0 Å². The standard InChI is InChI=1S/C9H4S/c1-2-6-9-8(4-1)5-3-7-10-9/h1,4-5,7H. The summed E-state index contributed by atoms with van der Waals surface area (Å²) >= 11 is 1.63. The number of rotatable bonds is 0. The molecule has 1 aliphatic heterocycles. The Kier molecular flexibility index (Phi) is 1.29. The average Bonchev–Trinajstić information content (AvgIpc) is 2.05. The zero-order valence-electron chi connectivity index (χ0n) is 5.22. The predicted octanol–water partition coefficient (Wildman–Crippen LogP) is 2.52. The van der Waals surface area contributed by atoms with Crippen molar-refractivity contribution < 1.29 is 0 Å². The molecule has 0 bridgehead atoms. The van der Waals surface area contributed by atoms with Gasteiger partial charge in [-0.15, -0.1) is 5.73 Å². The maximum atomic E-state index is 3.02. The quantitative estimate of drug-likeness (QED) is 0.504. The van der Waals surface area contributed by atoms with Crippen molar-refractivity contribution in [3.63, 3.8) is 0 Å². The molecule has 2 rings (SSSR count). The molecule has 0 fully saturated rings. The topological polar surface area (TPSA) is 0 Å². The largest absolute Gasteiger partial charge is 0.113 e. The van der Waals surface area contributed by atoms with Crippen LogP contribution < -0.4 is 0 Å². The molecule has 0 nitrogen and oxygen atoms in total. The second-order valence-corrected chi connectivity index (χ2v) is 2.81. The molecule has 1 aliphatic rings. The lowest BCUT2D eigenvalue weighted by molar-refractivity contribution is 1.45. The smallest absolute Gasteiger partial charge is 0.0703 e. The number of thioether (sulfide) groups is 1. The maximum absolute atomic E-state index is 3.02. The fourth-order valence-corrected chi connectivity index (χ4v) is 1.45. The Bertz CT molecular complexity index is 306.